The second-order valence-electron chi connectivity index (χ2n) is 5.49. The Labute approximate surface area is 115 Å². The van der Waals surface area contributed by atoms with Crippen molar-refractivity contribution in [1.82, 2.24) is 15.2 Å². The monoisotopic (exact) mass is 261 g/mol. The Bertz CT molecular complexity index is 416. The number of rotatable bonds is 4. The van der Waals surface area contributed by atoms with Crippen LogP contribution in [0.3, 0.4) is 0 Å². The number of hydrogen-bond donors (Lipinski definition) is 1. The first-order valence-electron chi connectivity index (χ1n) is 7.08. The average molecular weight is 261 g/mol. The smallest absolute Gasteiger partial charge is 0.252 e. The molecule has 2 rings (SSSR count). The molecular formula is C15H23N3O. The van der Waals surface area contributed by atoms with E-state index in [2.05, 4.69) is 22.1 Å². The van der Waals surface area contributed by atoms with E-state index >= 15 is 0 Å². The molecule has 0 radical (unpaired) electrons. The molecule has 4 nitrogen and oxygen atoms in total. The Kier molecular flexibility index (Phi) is 4.91. The lowest BCUT2D eigenvalue weighted by atomic mass is 10.0. The van der Waals surface area contributed by atoms with Gasteiger partial charge in [0.25, 0.3) is 5.91 Å². The van der Waals surface area contributed by atoms with E-state index in [4.69, 9.17) is 0 Å². The fraction of sp³-hybridized carbons (Fsp3) is 0.600. The van der Waals surface area contributed by atoms with Crippen LogP contribution in [0.2, 0.25) is 0 Å². The van der Waals surface area contributed by atoms with Gasteiger partial charge >= 0.3 is 0 Å². The Morgan fingerprint density at radius 3 is 3.05 bits per heavy atom. The molecule has 0 aromatic carbocycles. The van der Waals surface area contributed by atoms with Crippen molar-refractivity contribution in [3.63, 3.8) is 0 Å². The summed E-state index contributed by atoms with van der Waals surface area (Å²) in [6.45, 7) is 8.17. The van der Waals surface area contributed by atoms with Gasteiger partial charge in [-0.15, -0.1) is 0 Å². The maximum atomic E-state index is 11.9. The van der Waals surface area contributed by atoms with Gasteiger partial charge < -0.3 is 10.2 Å². The highest BCUT2D eigenvalue weighted by Crippen LogP contribution is 2.14. The number of nitrogens with zero attached hydrogens (tertiary/aromatic N) is 2. The molecule has 2 heterocycles. The summed E-state index contributed by atoms with van der Waals surface area (Å²) in [5, 5.41) is 2.96. The number of aromatic nitrogens is 1. The zero-order valence-electron chi connectivity index (χ0n) is 11.9. The average Bonchev–Trinajstić information content (AvgIpc) is 2.39. The second-order valence-corrected chi connectivity index (χ2v) is 5.49. The molecule has 1 unspecified atom stereocenters. The molecule has 1 aromatic heterocycles. The van der Waals surface area contributed by atoms with Crippen molar-refractivity contribution in [2.75, 3.05) is 26.2 Å². The van der Waals surface area contributed by atoms with Gasteiger partial charge in [0.1, 0.15) is 0 Å². The molecule has 1 aliphatic rings. The van der Waals surface area contributed by atoms with Gasteiger partial charge in [0.15, 0.2) is 0 Å². The minimum Gasteiger partial charge on any atom is -0.351 e. The molecule has 0 aliphatic carbocycles. The highest BCUT2D eigenvalue weighted by Gasteiger charge is 2.15. The minimum absolute atomic E-state index is 0.0300. The molecule has 1 aromatic rings. The quantitative estimate of drug-likeness (QED) is 0.899. The Morgan fingerprint density at radius 2 is 2.37 bits per heavy atom. The maximum absolute atomic E-state index is 11.9. The van der Waals surface area contributed by atoms with Crippen LogP contribution >= 0.6 is 0 Å². The van der Waals surface area contributed by atoms with Crippen molar-refractivity contribution in [3.8, 4) is 0 Å². The number of piperidine rings is 1. The summed E-state index contributed by atoms with van der Waals surface area (Å²) in [5.74, 6) is 0.753. The summed E-state index contributed by atoms with van der Waals surface area (Å²) < 4.78 is 0. The first-order chi connectivity index (χ1) is 9.15. The Morgan fingerprint density at radius 1 is 1.53 bits per heavy atom. The SMILES string of the molecule is Cc1ccc(C(=O)NCCN2CCCC(C)C2)cn1. The van der Waals surface area contributed by atoms with Crippen molar-refractivity contribution in [2.24, 2.45) is 5.92 Å². The fourth-order valence-electron chi connectivity index (χ4n) is 2.52. The Hall–Kier alpha value is -1.42. The Balaban J connectivity index is 1.73. The molecule has 1 N–H and O–H groups in total. The summed E-state index contributed by atoms with van der Waals surface area (Å²) in [4.78, 5) is 18.5. The van der Waals surface area contributed by atoms with E-state index in [9.17, 15) is 4.79 Å². The van der Waals surface area contributed by atoms with Crippen LogP contribution in [-0.2, 0) is 0 Å². The number of carbonyl (C=O) groups excluding carboxylic acids is 1. The fourth-order valence-corrected chi connectivity index (χ4v) is 2.52. The molecule has 1 fully saturated rings. The molecule has 104 valence electrons. The molecule has 1 atom stereocenters. The number of nitrogens with one attached hydrogen (secondary N) is 1. The maximum Gasteiger partial charge on any atom is 0.252 e. The van der Waals surface area contributed by atoms with Crippen molar-refractivity contribution >= 4 is 5.91 Å². The van der Waals surface area contributed by atoms with Gasteiger partial charge in [-0.1, -0.05) is 6.92 Å². The molecule has 1 amide bonds. The van der Waals surface area contributed by atoms with Gasteiger partial charge in [0.2, 0.25) is 0 Å². The number of amides is 1. The predicted molar refractivity (Wildman–Crippen MR) is 76.1 cm³/mol. The molecule has 1 saturated heterocycles. The number of aryl methyl sites for hydroxylation is 1. The summed E-state index contributed by atoms with van der Waals surface area (Å²) in [5.41, 5.74) is 1.57. The summed E-state index contributed by atoms with van der Waals surface area (Å²) in [6, 6.07) is 3.68. The van der Waals surface area contributed by atoms with Crippen LogP contribution in [-0.4, -0.2) is 42.0 Å². The van der Waals surface area contributed by atoms with Crippen LogP contribution in [0.25, 0.3) is 0 Å². The summed E-state index contributed by atoms with van der Waals surface area (Å²) in [7, 11) is 0. The first kappa shape index (κ1) is 14.0. The molecule has 4 heteroatoms. The van der Waals surface area contributed by atoms with Crippen molar-refractivity contribution in [2.45, 2.75) is 26.7 Å². The van der Waals surface area contributed by atoms with Crippen LogP contribution in [0.5, 0.6) is 0 Å². The van der Waals surface area contributed by atoms with Crippen molar-refractivity contribution in [3.05, 3.63) is 29.6 Å². The van der Waals surface area contributed by atoms with Crippen LogP contribution in [0, 0.1) is 12.8 Å². The zero-order chi connectivity index (χ0) is 13.7. The van der Waals surface area contributed by atoms with Crippen LogP contribution in [0.4, 0.5) is 0 Å². The third-order valence-electron chi connectivity index (χ3n) is 3.63. The molecule has 1 aliphatic heterocycles. The van der Waals surface area contributed by atoms with Gasteiger partial charge in [-0.2, -0.15) is 0 Å². The topological polar surface area (TPSA) is 45.2 Å². The van der Waals surface area contributed by atoms with E-state index < -0.39 is 0 Å². The molecule has 19 heavy (non-hydrogen) atoms. The van der Waals surface area contributed by atoms with E-state index in [0.717, 1.165) is 31.2 Å². The van der Waals surface area contributed by atoms with Crippen LogP contribution < -0.4 is 5.32 Å². The van der Waals surface area contributed by atoms with E-state index in [1.54, 1.807) is 6.20 Å². The van der Waals surface area contributed by atoms with Gasteiger partial charge in [-0.25, -0.2) is 0 Å². The van der Waals surface area contributed by atoms with E-state index in [1.807, 2.05) is 19.1 Å². The van der Waals surface area contributed by atoms with Crippen molar-refractivity contribution in [1.29, 1.82) is 0 Å². The third-order valence-corrected chi connectivity index (χ3v) is 3.63. The predicted octanol–water partition coefficient (Wildman–Crippen LogP) is 1.85. The normalized spacial score (nSPS) is 20.2. The molecule has 0 bridgehead atoms. The number of hydrogen-bond acceptors (Lipinski definition) is 3. The lowest BCUT2D eigenvalue weighted by Gasteiger charge is -2.30. The van der Waals surface area contributed by atoms with E-state index in [1.165, 1.54) is 12.8 Å². The highest BCUT2D eigenvalue weighted by molar-refractivity contribution is 5.93. The standard InChI is InChI=1S/C15H23N3O/c1-12-4-3-8-18(11-12)9-7-16-15(19)14-6-5-13(2)17-10-14/h5-6,10,12H,3-4,7-9,11H2,1-2H3,(H,16,19). The molecule has 0 spiro atoms. The van der Waals surface area contributed by atoms with Crippen molar-refractivity contribution < 1.29 is 4.79 Å². The lowest BCUT2D eigenvalue weighted by Crippen LogP contribution is -2.40. The number of likely N-dealkylation sites (tertiary alicyclic amines) is 1. The second kappa shape index (κ2) is 6.66. The lowest BCUT2D eigenvalue weighted by molar-refractivity contribution is 0.0943. The molecular weight excluding hydrogens is 238 g/mol. The minimum atomic E-state index is -0.0300. The number of carbonyl (C=O) groups is 1. The third kappa shape index (κ3) is 4.31. The van der Waals surface area contributed by atoms with Gasteiger partial charge in [-0.05, 0) is 44.4 Å². The number of pyridine rings is 1. The van der Waals surface area contributed by atoms with E-state index in [-0.39, 0.29) is 5.91 Å². The van der Waals surface area contributed by atoms with Crippen LogP contribution in [0.1, 0.15) is 35.8 Å². The first-order valence-corrected chi connectivity index (χ1v) is 7.08. The molecule has 0 saturated carbocycles. The van der Waals surface area contributed by atoms with Gasteiger partial charge in [0, 0.05) is 31.5 Å². The highest BCUT2D eigenvalue weighted by atomic mass is 16.1. The van der Waals surface area contributed by atoms with E-state index in [0.29, 0.717) is 12.1 Å². The van der Waals surface area contributed by atoms with Gasteiger partial charge in [-0.3, -0.25) is 9.78 Å². The summed E-state index contributed by atoms with van der Waals surface area (Å²) in [6.07, 6.45) is 4.24. The zero-order valence-corrected chi connectivity index (χ0v) is 11.9. The largest absolute Gasteiger partial charge is 0.351 e. The van der Waals surface area contributed by atoms with Gasteiger partial charge in [0.05, 0.1) is 5.56 Å². The van der Waals surface area contributed by atoms with Crippen LogP contribution in [0.15, 0.2) is 18.3 Å². The summed E-state index contributed by atoms with van der Waals surface area (Å²) >= 11 is 0.